The average molecular weight is 648 g/mol. The van der Waals surface area contributed by atoms with Crippen molar-refractivity contribution in [2.45, 2.75) is 111 Å². The van der Waals surface area contributed by atoms with Crippen LogP contribution in [0.4, 0.5) is 5.69 Å². The van der Waals surface area contributed by atoms with Crippen LogP contribution in [0.5, 0.6) is 23.0 Å². The Hall–Kier alpha value is -3.05. The van der Waals surface area contributed by atoms with Gasteiger partial charge in [-0.3, -0.25) is 9.98 Å². The van der Waals surface area contributed by atoms with Crippen LogP contribution in [0.25, 0.3) is 0 Å². The second-order valence-electron chi connectivity index (χ2n) is 15.0. The van der Waals surface area contributed by atoms with E-state index in [0.29, 0.717) is 22.6 Å². The molecular formula is C37H52N2NiO4. The number of aliphatic imine (C=N–C) groups is 1. The summed E-state index contributed by atoms with van der Waals surface area (Å²) in [5, 5.41) is 25.0. The number of hydrogen-bond donors (Lipinski definition) is 0. The van der Waals surface area contributed by atoms with Crippen molar-refractivity contribution in [2.24, 2.45) is 4.99 Å². The third-order valence-electron chi connectivity index (χ3n) is 7.16. The van der Waals surface area contributed by atoms with Gasteiger partial charge < -0.3 is 19.7 Å². The second-order valence-corrected chi connectivity index (χ2v) is 15.0. The molecule has 0 saturated carbocycles. The number of pyridine rings is 1. The molecular weight excluding hydrogens is 595 g/mol. The maximum atomic E-state index is 12.5. The van der Waals surface area contributed by atoms with Gasteiger partial charge in [-0.1, -0.05) is 101 Å². The van der Waals surface area contributed by atoms with Gasteiger partial charge >= 0.3 is 16.5 Å². The average Bonchev–Trinajstić information content (AvgIpc) is 2.88. The molecule has 0 bridgehead atoms. The fourth-order valence-corrected chi connectivity index (χ4v) is 4.91. The van der Waals surface area contributed by atoms with Gasteiger partial charge in [0.05, 0.1) is 19.9 Å². The Bertz CT molecular complexity index is 1360. The van der Waals surface area contributed by atoms with E-state index in [1.807, 2.05) is 72.2 Å². The molecule has 0 aliphatic rings. The van der Waals surface area contributed by atoms with E-state index in [1.54, 1.807) is 0 Å². The Kier molecular flexibility index (Phi) is 13.1. The Balaban J connectivity index is 0.000000435. The van der Waals surface area contributed by atoms with Crippen molar-refractivity contribution < 1.29 is 36.2 Å². The van der Waals surface area contributed by atoms with Gasteiger partial charge in [-0.05, 0) is 62.1 Å². The van der Waals surface area contributed by atoms with E-state index in [9.17, 15) is 10.2 Å². The zero-order chi connectivity index (χ0) is 33.0. The first kappa shape index (κ1) is 39.0. The van der Waals surface area contributed by atoms with Gasteiger partial charge in [0.15, 0.2) is 11.5 Å². The van der Waals surface area contributed by atoms with Crippen LogP contribution in [0, 0.1) is 0 Å². The third kappa shape index (κ3) is 9.73. The Morgan fingerprint density at radius 3 is 1.57 bits per heavy atom. The van der Waals surface area contributed by atoms with Crippen molar-refractivity contribution in [1.82, 2.24) is 4.98 Å². The maximum absolute atomic E-state index is 12.5. The van der Waals surface area contributed by atoms with Crippen molar-refractivity contribution in [3.05, 3.63) is 70.5 Å². The molecule has 0 radical (unpaired) electrons. The third-order valence-corrected chi connectivity index (χ3v) is 7.16. The van der Waals surface area contributed by atoms with E-state index < -0.39 is 22.3 Å². The standard InChI is InChI=1S/C21H28N2.C16H26O4.Ni/c1-20(2,3)16-10-11-18(21(4,5)6)19(15-16)23-14-12-17-9-7-8-13-22-17;1-15(2,3)9-11(17)12(18)10(16(4,5)6)14(20-8)13(9)19-7;/h7-11,13-15H,12H2,1-6H3;17-18H,1-8H3;/q;;+2/p-2. The molecule has 0 aliphatic heterocycles. The first-order valence-electron chi connectivity index (χ1n) is 14.9. The monoisotopic (exact) mass is 646 g/mol. The Labute approximate surface area is 276 Å². The van der Waals surface area contributed by atoms with E-state index in [1.165, 1.54) is 25.3 Å². The molecule has 3 aromatic rings. The number of ether oxygens (including phenoxy) is 2. The molecule has 2 aromatic carbocycles. The number of benzene rings is 2. The number of hydrogen-bond acceptors (Lipinski definition) is 6. The van der Waals surface area contributed by atoms with Gasteiger partial charge in [-0.15, -0.1) is 11.5 Å². The second kappa shape index (κ2) is 14.8. The summed E-state index contributed by atoms with van der Waals surface area (Å²) in [6, 6.07) is 12.7. The van der Waals surface area contributed by atoms with Crippen LogP contribution in [-0.4, -0.2) is 25.4 Å². The predicted octanol–water partition coefficient (Wildman–Crippen LogP) is 8.07. The van der Waals surface area contributed by atoms with Gasteiger partial charge in [-0.2, -0.15) is 0 Å². The van der Waals surface area contributed by atoms with Gasteiger partial charge in [0.1, 0.15) is 0 Å². The summed E-state index contributed by atoms with van der Waals surface area (Å²) in [7, 11) is 2.98. The molecule has 0 fully saturated rings. The van der Waals surface area contributed by atoms with Crippen LogP contribution in [-0.2, 0) is 44.6 Å². The minimum atomic E-state index is -0.500. The van der Waals surface area contributed by atoms with E-state index in [2.05, 4.69) is 64.7 Å². The van der Waals surface area contributed by atoms with Crippen molar-refractivity contribution in [1.29, 1.82) is 0 Å². The summed E-state index contributed by atoms with van der Waals surface area (Å²) < 4.78 is 10.8. The molecule has 3 rings (SSSR count). The molecule has 0 aliphatic carbocycles. The minimum Gasteiger partial charge on any atom is -0.873 e. The van der Waals surface area contributed by atoms with Crippen LogP contribution >= 0.6 is 0 Å². The Morgan fingerprint density at radius 1 is 0.705 bits per heavy atom. The van der Waals surface area contributed by atoms with E-state index in [0.717, 1.165) is 17.8 Å². The van der Waals surface area contributed by atoms with Crippen LogP contribution in [0.3, 0.4) is 0 Å². The van der Waals surface area contributed by atoms with E-state index in [4.69, 9.17) is 14.5 Å². The van der Waals surface area contributed by atoms with Crippen LogP contribution in [0.15, 0.2) is 47.6 Å². The first-order chi connectivity index (χ1) is 19.6. The number of nitrogens with zero attached hydrogens (tertiary/aromatic N) is 2. The molecule has 0 amide bonds. The molecule has 0 N–H and O–H groups in total. The van der Waals surface area contributed by atoms with Gasteiger partial charge in [0.25, 0.3) is 0 Å². The van der Waals surface area contributed by atoms with E-state index in [-0.39, 0.29) is 27.3 Å². The minimum absolute atomic E-state index is 0. The molecule has 44 heavy (non-hydrogen) atoms. The zero-order valence-electron chi connectivity index (χ0n) is 29.2. The summed E-state index contributed by atoms with van der Waals surface area (Å²) in [4.78, 5) is 9.12. The number of rotatable bonds is 5. The molecule has 7 heteroatoms. The van der Waals surface area contributed by atoms with Crippen LogP contribution in [0.1, 0.15) is 111 Å². The molecule has 1 aromatic heterocycles. The topological polar surface area (TPSA) is 89.8 Å². The summed E-state index contributed by atoms with van der Waals surface area (Å²) >= 11 is 0. The molecule has 0 atom stereocenters. The largest absolute Gasteiger partial charge is 2.00 e. The number of aromatic nitrogens is 1. The summed E-state index contributed by atoms with van der Waals surface area (Å²) in [6.45, 7) is 24.7. The van der Waals surface area contributed by atoms with Gasteiger partial charge in [0, 0.05) is 24.5 Å². The predicted molar refractivity (Wildman–Crippen MR) is 176 cm³/mol. The summed E-state index contributed by atoms with van der Waals surface area (Å²) in [5.74, 6) is -0.260. The Morgan fingerprint density at radius 2 is 1.20 bits per heavy atom. The van der Waals surface area contributed by atoms with Crippen molar-refractivity contribution in [3.63, 3.8) is 0 Å². The SMILES string of the molecule is CC(C)(C)c1ccc(C(C)(C)C)c(N=CCc2ccccn2)c1.COc1c(OC)c(C(C)(C)C)c([O-])c([O-])c1C(C)(C)C.[Ni+2]. The number of methoxy groups -OCH3 is 2. The normalized spacial score (nSPS) is 12.3. The van der Waals surface area contributed by atoms with Crippen LogP contribution < -0.4 is 19.7 Å². The summed E-state index contributed by atoms with van der Waals surface area (Å²) in [5.41, 5.74) is 4.66. The van der Waals surface area contributed by atoms with Crippen molar-refractivity contribution in [2.75, 3.05) is 14.2 Å². The molecule has 0 saturated heterocycles. The fourth-order valence-electron chi connectivity index (χ4n) is 4.91. The molecule has 0 spiro atoms. The van der Waals surface area contributed by atoms with Gasteiger partial charge in [0.2, 0.25) is 0 Å². The van der Waals surface area contributed by atoms with Crippen molar-refractivity contribution in [3.8, 4) is 23.0 Å². The zero-order valence-corrected chi connectivity index (χ0v) is 30.2. The quantitative estimate of drug-likeness (QED) is 0.207. The first-order valence-corrected chi connectivity index (χ1v) is 14.9. The molecule has 0 unspecified atom stereocenters. The van der Waals surface area contributed by atoms with Crippen molar-refractivity contribution >= 4 is 11.9 Å². The van der Waals surface area contributed by atoms with Crippen LogP contribution in [0.2, 0.25) is 0 Å². The molecule has 1 heterocycles. The van der Waals surface area contributed by atoms with Gasteiger partial charge in [-0.25, -0.2) is 0 Å². The molecule has 244 valence electrons. The molecule has 6 nitrogen and oxygen atoms in total. The summed E-state index contributed by atoms with van der Waals surface area (Å²) in [6.07, 6.45) is 4.55. The smallest absolute Gasteiger partial charge is 0.873 e. The fraction of sp³-hybridized carbons (Fsp3) is 0.514. The maximum Gasteiger partial charge on any atom is 2.00 e. The van der Waals surface area contributed by atoms with E-state index >= 15 is 0 Å².